The first-order chi connectivity index (χ1) is 9.08. The highest BCUT2D eigenvalue weighted by Crippen LogP contribution is 2.27. The van der Waals surface area contributed by atoms with Crippen LogP contribution < -0.4 is 10.2 Å². The zero-order valence-electron chi connectivity index (χ0n) is 11.0. The van der Waals surface area contributed by atoms with E-state index in [4.69, 9.17) is 11.6 Å². The summed E-state index contributed by atoms with van der Waals surface area (Å²) >= 11 is 6.18. The van der Waals surface area contributed by atoms with Crippen molar-refractivity contribution in [1.29, 1.82) is 0 Å². The third-order valence-corrected chi connectivity index (χ3v) is 3.17. The van der Waals surface area contributed by atoms with Crippen molar-refractivity contribution in [2.75, 3.05) is 24.3 Å². The van der Waals surface area contributed by atoms with Crippen molar-refractivity contribution in [3.8, 4) is 0 Å². The molecule has 0 radical (unpaired) electrons. The largest absolute Gasteiger partial charge is 0.381 e. The van der Waals surface area contributed by atoms with E-state index in [1.165, 1.54) is 6.07 Å². The van der Waals surface area contributed by atoms with Gasteiger partial charge < -0.3 is 10.2 Å². The molecular formula is C15H16ClFN2. The Morgan fingerprint density at radius 3 is 2.53 bits per heavy atom. The molecule has 0 bridgehead atoms. The molecule has 0 aliphatic rings. The van der Waals surface area contributed by atoms with Gasteiger partial charge in [0.2, 0.25) is 0 Å². The first kappa shape index (κ1) is 13.7. The zero-order valence-corrected chi connectivity index (χ0v) is 11.7. The van der Waals surface area contributed by atoms with Crippen LogP contribution in [0.3, 0.4) is 0 Å². The molecule has 1 N–H and O–H groups in total. The molecule has 0 fully saturated rings. The molecule has 19 heavy (non-hydrogen) atoms. The summed E-state index contributed by atoms with van der Waals surface area (Å²) in [6, 6.07) is 12.4. The molecule has 0 aromatic heterocycles. The lowest BCUT2D eigenvalue weighted by Crippen LogP contribution is -2.09. The van der Waals surface area contributed by atoms with Crippen LogP contribution in [0.2, 0.25) is 5.02 Å². The lowest BCUT2D eigenvalue weighted by molar-refractivity contribution is 0.613. The number of rotatable bonds is 4. The van der Waals surface area contributed by atoms with E-state index in [0.717, 1.165) is 11.4 Å². The van der Waals surface area contributed by atoms with Crippen molar-refractivity contribution in [1.82, 2.24) is 0 Å². The Kier molecular flexibility index (Phi) is 4.27. The minimum absolute atomic E-state index is 0.203. The van der Waals surface area contributed by atoms with Crippen LogP contribution in [0.15, 0.2) is 42.5 Å². The molecule has 0 heterocycles. The minimum Gasteiger partial charge on any atom is -0.381 e. The molecule has 2 nitrogen and oxygen atoms in total. The number of anilines is 2. The number of halogens is 2. The summed E-state index contributed by atoms with van der Waals surface area (Å²) in [5.74, 6) is -0.203. The second-order valence-electron chi connectivity index (χ2n) is 4.51. The van der Waals surface area contributed by atoms with E-state index in [-0.39, 0.29) is 5.82 Å². The van der Waals surface area contributed by atoms with Gasteiger partial charge in [-0.25, -0.2) is 4.39 Å². The SMILES string of the molecule is CN(C)c1ccc(NCc2ccccc2F)cc1Cl. The van der Waals surface area contributed by atoms with E-state index in [9.17, 15) is 4.39 Å². The van der Waals surface area contributed by atoms with Crippen LogP contribution in [0.4, 0.5) is 15.8 Å². The molecule has 0 unspecified atom stereocenters. The molecular weight excluding hydrogens is 263 g/mol. The molecule has 2 aromatic carbocycles. The van der Waals surface area contributed by atoms with Gasteiger partial charge in [-0.2, -0.15) is 0 Å². The third kappa shape index (κ3) is 3.38. The molecule has 0 saturated heterocycles. The number of nitrogens with zero attached hydrogens (tertiary/aromatic N) is 1. The van der Waals surface area contributed by atoms with Crippen LogP contribution in [0.1, 0.15) is 5.56 Å². The highest BCUT2D eigenvalue weighted by molar-refractivity contribution is 6.33. The quantitative estimate of drug-likeness (QED) is 0.903. The molecule has 100 valence electrons. The van der Waals surface area contributed by atoms with E-state index in [1.807, 2.05) is 43.3 Å². The Balaban J connectivity index is 2.08. The number of nitrogens with one attached hydrogen (secondary N) is 1. The Hall–Kier alpha value is -1.74. The average Bonchev–Trinajstić information content (AvgIpc) is 2.37. The molecule has 4 heteroatoms. The maximum absolute atomic E-state index is 13.5. The lowest BCUT2D eigenvalue weighted by atomic mass is 10.2. The summed E-state index contributed by atoms with van der Waals surface area (Å²) in [7, 11) is 3.88. The van der Waals surface area contributed by atoms with Gasteiger partial charge in [-0.15, -0.1) is 0 Å². The first-order valence-electron chi connectivity index (χ1n) is 6.02. The fourth-order valence-electron chi connectivity index (χ4n) is 1.82. The van der Waals surface area contributed by atoms with Crippen LogP contribution in [-0.2, 0) is 6.54 Å². The van der Waals surface area contributed by atoms with E-state index in [0.29, 0.717) is 17.1 Å². The topological polar surface area (TPSA) is 15.3 Å². The molecule has 0 amide bonds. The monoisotopic (exact) mass is 278 g/mol. The second-order valence-corrected chi connectivity index (χ2v) is 4.91. The van der Waals surface area contributed by atoms with Crippen molar-refractivity contribution in [2.24, 2.45) is 0 Å². The van der Waals surface area contributed by atoms with E-state index >= 15 is 0 Å². The van der Waals surface area contributed by atoms with Gasteiger partial charge in [0.25, 0.3) is 0 Å². The van der Waals surface area contributed by atoms with Crippen molar-refractivity contribution in [3.05, 3.63) is 58.9 Å². The van der Waals surface area contributed by atoms with Gasteiger partial charge in [0.05, 0.1) is 10.7 Å². The van der Waals surface area contributed by atoms with E-state index in [2.05, 4.69) is 5.32 Å². The average molecular weight is 279 g/mol. The summed E-state index contributed by atoms with van der Waals surface area (Å²) in [6.45, 7) is 0.435. The number of hydrogen-bond donors (Lipinski definition) is 1. The van der Waals surface area contributed by atoms with Crippen LogP contribution in [0, 0.1) is 5.82 Å². The normalized spacial score (nSPS) is 10.3. The van der Waals surface area contributed by atoms with Crippen LogP contribution in [0.5, 0.6) is 0 Å². The van der Waals surface area contributed by atoms with Gasteiger partial charge >= 0.3 is 0 Å². The van der Waals surface area contributed by atoms with Gasteiger partial charge in [0.15, 0.2) is 0 Å². The number of benzene rings is 2. The van der Waals surface area contributed by atoms with Crippen LogP contribution in [0.25, 0.3) is 0 Å². The predicted octanol–water partition coefficient (Wildman–Crippen LogP) is 4.16. The first-order valence-corrected chi connectivity index (χ1v) is 6.40. The van der Waals surface area contributed by atoms with E-state index < -0.39 is 0 Å². The summed E-state index contributed by atoms with van der Waals surface area (Å²) in [5.41, 5.74) is 2.47. The Morgan fingerprint density at radius 2 is 1.89 bits per heavy atom. The molecule has 2 rings (SSSR count). The fourth-order valence-corrected chi connectivity index (χ4v) is 2.17. The Labute approximate surface area is 117 Å². The van der Waals surface area contributed by atoms with Gasteiger partial charge in [-0.3, -0.25) is 0 Å². The molecule has 0 atom stereocenters. The summed E-state index contributed by atoms with van der Waals surface area (Å²) in [4.78, 5) is 1.95. The molecule has 0 aliphatic carbocycles. The van der Waals surface area contributed by atoms with Gasteiger partial charge in [0.1, 0.15) is 5.82 Å². The highest BCUT2D eigenvalue weighted by Gasteiger charge is 2.04. The lowest BCUT2D eigenvalue weighted by Gasteiger charge is -2.15. The second kappa shape index (κ2) is 5.93. The van der Waals surface area contributed by atoms with Gasteiger partial charge in [0, 0.05) is 31.9 Å². The maximum atomic E-state index is 13.5. The van der Waals surface area contributed by atoms with Crippen LogP contribution in [-0.4, -0.2) is 14.1 Å². The minimum atomic E-state index is -0.203. The molecule has 2 aromatic rings. The fraction of sp³-hybridized carbons (Fsp3) is 0.200. The predicted molar refractivity (Wildman–Crippen MR) is 79.5 cm³/mol. The molecule has 0 saturated carbocycles. The maximum Gasteiger partial charge on any atom is 0.128 e. The standard InChI is InChI=1S/C15H16ClFN2/c1-19(2)15-8-7-12(9-13(15)16)18-10-11-5-3-4-6-14(11)17/h3-9,18H,10H2,1-2H3. The Morgan fingerprint density at radius 1 is 1.16 bits per heavy atom. The zero-order chi connectivity index (χ0) is 13.8. The third-order valence-electron chi connectivity index (χ3n) is 2.87. The van der Waals surface area contributed by atoms with Crippen LogP contribution >= 0.6 is 11.6 Å². The van der Waals surface area contributed by atoms with E-state index in [1.54, 1.807) is 12.1 Å². The summed E-state index contributed by atoms with van der Waals surface area (Å²) in [5, 5.41) is 3.84. The highest BCUT2D eigenvalue weighted by atomic mass is 35.5. The molecule has 0 aliphatic heterocycles. The van der Waals surface area contributed by atoms with Crippen molar-refractivity contribution in [2.45, 2.75) is 6.54 Å². The van der Waals surface area contributed by atoms with Gasteiger partial charge in [-0.05, 0) is 24.3 Å². The molecule has 0 spiro atoms. The van der Waals surface area contributed by atoms with Crippen molar-refractivity contribution < 1.29 is 4.39 Å². The smallest absolute Gasteiger partial charge is 0.128 e. The van der Waals surface area contributed by atoms with Crippen molar-refractivity contribution >= 4 is 23.0 Å². The summed E-state index contributed by atoms with van der Waals surface area (Å²) < 4.78 is 13.5. The Bertz CT molecular complexity index is 570. The summed E-state index contributed by atoms with van der Waals surface area (Å²) in [6.07, 6.45) is 0. The van der Waals surface area contributed by atoms with Crippen molar-refractivity contribution in [3.63, 3.8) is 0 Å². The van der Waals surface area contributed by atoms with Gasteiger partial charge in [-0.1, -0.05) is 29.8 Å². The number of hydrogen-bond acceptors (Lipinski definition) is 2.